The van der Waals surface area contributed by atoms with Gasteiger partial charge in [-0.3, -0.25) is 0 Å². The third kappa shape index (κ3) is 3.46. The highest BCUT2D eigenvalue weighted by Gasteiger charge is 2.26. The Bertz CT molecular complexity index is 908. The number of nitrogen functional groups attached to an aromatic ring is 1. The van der Waals surface area contributed by atoms with Crippen LogP contribution in [0.3, 0.4) is 0 Å². The average Bonchev–Trinajstić information content (AvgIpc) is 2.60. The zero-order chi connectivity index (χ0) is 18.0. The van der Waals surface area contributed by atoms with E-state index in [0.29, 0.717) is 15.7 Å². The van der Waals surface area contributed by atoms with Crippen LogP contribution >= 0.6 is 23.2 Å². The predicted molar refractivity (Wildman–Crippen MR) is 106 cm³/mol. The molecule has 0 aliphatic carbocycles. The molecule has 0 spiro atoms. The summed E-state index contributed by atoms with van der Waals surface area (Å²) in [5, 5.41) is 1.31. The largest absolute Gasteiger partial charge is 0.496 e. The molecule has 0 saturated carbocycles. The maximum Gasteiger partial charge on any atom is 0.123 e. The Morgan fingerprint density at radius 2 is 1.68 bits per heavy atom. The van der Waals surface area contributed by atoms with E-state index < -0.39 is 0 Å². The van der Waals surface area contributed by atoms with Crippen molar-refractivity contribution in [3.63, 3.8) is 0 Å². The van der Waals surface area contributed by atoms with Gasteiger partial charge < -0.3 is 10.5 Å². The van der Waals surface area contributed by atoms with Crippen LogP contribution in [0.25, 0.3) is 0 Å². The van der Waals surface area contributed by atoms with Gasteiger partial charge in [0, 0.05) is 27.2 Å². The third-order valence-electron chi connectivity index (χ3n) is 4.37. The van der Waals surface area contributed by atoms with Crippen LogP contribution in [0.15, 0.2) is 60.7 Å². The molecule has 0 heterocycles. The van der Waals surface area contributed by atoms with Gasteiger partial charge in [0.1, 0.15) is 5.75 Å². The van der Waals surface area contributed by atoms with Crippen LogP contribution in [0.1, 0.15) is 28.2 Å². The maximum absolute atomic E-state index is 6.54. The molecule has 2 N–H and O–H groups in total. The number of ether oxygens (including phenoxy) is 1. The fourth-order valence-electron chi connectivity index (χ4n) is 3.19. The van der Waals surface area contributed by atoms with Gasteiger partial charge in [-0.1, -0.05) is 53.5 Å². The fourth-order valence-corrected chi connectivity index (χ4v) is 3.61. The maximum atomic E-state index is 6.54. The van der Waals surface area contributed by atoms with Crippen molar-refractivity contribution in [2.75, 3.05) is 12.8 Å². The van der Waals surface area contributed by atoms with Crippen LogP contribution in [0.5, 0.6) is 5.75 Å². The zero-order valence-electron chi connectivity index (χ0n) is 14.1. The normalized spacial score (nSPS) is 12.0. The summed E-state index contributed by atoms with van der Waals surface area (Å²) in [7, 11) is 1.67. The summed E-state index contributed by atoms with van der Waals surface area (Å²) in [6, 6.07) is 19.3. The van der Waals surface area contributed by atoms with Crippen molar-refractivity contribution in [1.82, 2.24) is 0 Å². The first kappa shape index (κ1) is 17.7. The standard InChI is InChI=1S/C21H19Cl2NO/c1-13-6-5-9-19(25-2)20(13)21(15-7-3-4-8-17(15)23)16-12-14(22)10-11-18(16)24/h3-12,21H,24H2,1-2H3. The van der Waals surface area contributed by atoms with Gasteiger partial charge >= 0.3 is 0 Å². The molecule has 0 saturated heterocycles. The van der Waals surface area contributed by atoms with Crippen molar-refractivity contribution < 1.29 is 4.74 Å². The van der Waals surface area contributed by atoms with Gasteiger partial charge in [0.25, 0.3) is 0 Å². The highest BCUT2D eigenvalue weighted by atomic mass is 35.5. The second kappa shape index (κ2) is 7.38. The number of anilines is 1. The number of halogens is 2. The van der Waals surface area contributed by atoms with Gasteiger partial charge in [-0.25, -0.2) is 0 Å². The Morgan fingerprint density at radius 3 is 2.40 bits per heavy atom. The van der Waals surface area contributed by atoms with E-state index in [4.69, 9.17) is 33.7 Å². The first-order valence-corrected chi connectivity index (χ1v) is 8.71. The zero-order valence-corrected chi connectivity index (χ0v) is 15.6. The lowest BCUT2D eigenvalue weighted by molar-refractivity contribution is 0.408. The Hall–Kier alpha value is -2.16. The lowest BCUT2D eigenvalue weighted by Crippen LogP contribution is -2.10. The molecule has 25 heavy (non-hydrogen) atoms. The first-order valence-electron chi connectivity index (χ1n) is 7.95. The van der Waals surface area contributed by atoms with E-state index in [2.05, 4.69) is 13.0 Å². The third-order valence-corrected chi connectivity index (χ3v) is 4.95. The predicted octanol–water partition coefficient (Wildman–Crippen LogP) is 6.07. The van der Waals surface area contributed by atoms with Gasteiger partial charge in [-0.15, -0.1) is 0 Å². The van der Waals surface area contributed by atoms with Crippen molar-refractivity contribution in [3.05, 3.63) is 93.0 Å². The molecule has 3 aromatic rings. The molecule has 0 aromatic heterocycles. The molecule has 3 rings (SSSR count). The van der Waals surface area contributed by atoms with Crippen molar-refractivity contribution in [3.8, 4) is 5.75 Å². The average molecular weight is 372 g/mol. The van der Waals surface area contributed by atoms with Crippen LogP contribution in [-0.2, 0) is 0 Å². The quantitative estimate of drug-likeness (QED) is 0.445. The van der Waals surface area contributed by atoms with Gasteiger partial charge in [0.05, 0.1) is 7.11 Å². The molecule has 1 atom stereocenters. The number of benzene rings is 3. The van der Waals surface area contributed by atoms with Crippen LogP contribution in [0.2, 0.25) is 10.0 Å². The number of methoxy groups -OCH3 is 1. The molecule has 0 amide bonds. The molecule has 0 fully saturated rings. The SMILES string of the molecule is COc1cccc(C)c1C(c1cc(Cl)ccc1N)c1ccccc1Cl. The van der Waals surface area contributed by atoms with Crippen LogP contribution in [0, 0.1) is 6.92 Å². The van der Waals surface area contributed by atoms with Crippen molar-refractivity contribution in [2.45, 2.75) is 12.8 Å². The van der Waals surface area contributed by atoms with E-state index in [1.807, 2.05) is 48.5 Å². The molecule has 0 aliphatic heterocycles. The Morgan fingerprint density at radius 1 is 0.920 bits per heavy atom. The number of aryl methyl sites for hydroxylation is 1. The van der Waals surface area contributed by atoms with Gasteiger partial charge in [0.15, 0.2) is 0 Å². The number of nitrogens with two attached hydrogens (primary N) is 1. The van der Waals surface area contributed by atoms with E-state index in [1.54, 1.807) is 13.2 Å². The molecular weight excluding hydrogens is 353 g/mol. The summed E-state index contributed by atoms with van der Waals surface area (Å²) in [4.78, 5) is 0. The first-order chi connectivity index (χ1) is 12.0. The molecule has 3 aromatic carbocycles. The van der Waals surface area contributed by atoms with Crippen molar-refractivity contribution in [2.24, 2.45) is 0 Å². The molecule has 128 valence electrons. The summed E-state index contributed by atoms with van der Waals surface area (Å²) in [5.41, 5.74) is 11.0. The van der Waals surface area contributed by atoms with Crippen molar-refractivity contribution >= 4 is 28.9 Å². The van der Waals surface area contributed by atoms with E-state index >= 15 is 0 Å². The minimum Gasteiger partial charge on any atom is -0.496 e. The van der Waals surface area contributed by atoms with Crippen LogP contribution < -0.4 is 10.5 Å². The fraction of sp³-hybridized carbons (Fsp3) is 0.143. The molecule has 4 heteroatoms. The van der Waals surface area contributed by atoms with Crippen LogP contribution in [0.4, 0.5) is 5.69 Å². The lowest BCUT2D eigenvalue weighted by Gasteiger charge is -2.25. The van der Waals surface area contributed by atoms with E-state index in [9.17, 15) is 0 Å². The van der Waals surface area contributed by atoms with Crippen LogP contribution in [-0.4, -0.2) is 7.11 Å². The molecule has 0 bridgehead atoms. The summed E-state index contributed by atoms with van der Waals surface area (Å²) in [6.07, 6.45) is 0. The molecule has 1 unspecified atom stereocenters. The summed E-state index contributed by atoms with van der Waals surface area (Å²) < 4.78 is 5.64. The Labute approximate surface area is 158 Å². The smallest absolute Gasteiger partial charge is 0.123 e. The lowest BCUT2D eigenvalue weighted by atomic mass is 9.81. The highest BCUT2D eigenvalue weighted by Crippen LogP contribution is 2.43. The van der Waals surface area contributed by atoms with E-state index in [1.165, 1.54) is 0 Å². The minimum absolute atomic E-state index is 0.177. The Kier molecular flexibility index (Phi) is 5.22. The number of hydrogen-bond acceptors (Lipinski definition) is 2. The molecular formula is C21H19Cl2NO. The van der Waals surface area contributed by atoms with Crippen molar-refractivity contribution in [1.29, 1.82) is 0 Å². The molecule has 0 radical (unpaired) electrons. The second-order valence-corrected chi connectivity index (χ2v) is 6.76. The second-order valence-electron chi connectivity index (χ2n) is 5.92. The Balaban J connectivity index is 2.35. The monoisotopic (exact) mass is 371 g/mol. The minimum atomic E-state index is -0.177. The summed E-state index contributed by atoms with van der Waals surface area (Å²) in [5.74, 6) is 0.618. The number of hydrogen-bond donors (Lipinski definition) is 1. The molecule has 2 nitrogen and oxygen atoms in total. The number of rotatable bonds is 4. The van der Waals surface area contributed by atoms with Gasteiger partial charge in [-0.2, -0.15) is 0 Å². The summed E-state index contributed by atoms with van der Waals surface area (Å²) >= 11 is 12.8. The van der Waals surface area contributed by atoms with E-state index in [-0.39, 0.29) is 5.92 Å². The highest BCUT2D eigenvalue weighted by molar-refractivity contribution is 6.31. The topological polar surface area (TPSA) is 35.2 Å². The van der Waals surface area contributed by atoms with Gasteiger partial charge in [0.2, 0.25) is 0 Å². The molecule has 0 aliphatic rings. The van der Waals surface area contributed by atoms with E-state index in [0.717, 1.165) is 28.0 Å². The summed E-state index contributed by atoms with van der Waals surface area (Å²) in [6.45, 7) is 2.06. The van der Waals surface area contributed by atoms with Gasteiger partial charge in [-0.05, 0) is 53.9 Å².